The fraction of sp³-hybridized carbons (Fsp3) is 0.478. The lowest BCUT2D eigenvalue weighted by atomic mass is 9.74. The maximum Gasteiger partial charge on any atom is 0.387 e. The number of anilines is 2. The van der Waals surface area contributed by atoms with E-state index < -0.39 is 6.61 Å². The van der Waals surface area contributed by atoms with E-state index in [1.807, 2.05) is 0 Å². The molecule has 12 heteroatoms. The molecule has 4 N–H and O–H groups in total. The number of likely N-dealkylation sites (tertiary alicyclic amines) is 1. The standard InChI is InChI=1S/C23H28F2N8O2/c1-2-3-6-28-19-18-16(30-22(26)31-19)8-29-33(18)9-15-5-4-14(7-17(15)35-21(24)25)20(34)32-12-23(13-32)10-27-11-23/h4-5,7-8,21,27H,2-3,6,9-13H2,1H3,(H3,26,28,30,31). The minimum absolute atomic E-state index is 0.0631. The van der Waals surface area contributed by atoms with Gasteiger partial charge < -0.3 is 26.0 Å². The van der Waals surface area contributed by atoms with Gasteiger partial charge in [-0.3, -0.25) is 9.48 Å². The first-order valence-corrected chi connectivity index (χ1v) is 11.7. The van der Waals surface area contributed by atoms with Crippen molar-refractivity contribution in [2.45, 2.75) is 32.9 Å². The Morgan fingerprint density at radius 3 is 2.80 bits per heavy atom. The number of aromatic nitrogens is 4. The van der Waals surface area contributed by atoms with E-state index in [0.717, 1.165) is 25.9 Å². The van der Waals surface area contributed by atoms with E-state index in [2.05, 4.69) is 32.6 Å². The largest absolute Gasteiger partial charge is 0.434 e. The van der Waals surface area contributed by atoms with Gasteiger partial charge in [0.1, 0.15) is 16.8 Å². The predicted octanol–water partition coefficient (Wildman–Crippen LogP) is 2.32. The number of carbonyl (C=O) groups excluding carboxylic acids is 1. The number of nitrogens with two attached hydrogens (primary N) is 1. The summed E-state index contributed by atoms with van der Waals surface area (Å²) in [7, 11) is 0. The summed E-state index contributed by atoms with van der Waals surface area (Å²) >= 11 is 0. The van der Waals surface area contributed by atoms with E-state index in [4.69, 9.17) is 10.5 Å². The number of nitrogens with zero attached hydrogens (tertiary/aromatic N) is 5. The van der Waals surface area contributed by atoms with Crippen LogP contribution in [-0.2, 0) is 6.54 Å². The number of nitrogens with one attached hydrogen (secondary N) is 2. The summed E-state index contributed by atoms with van der Waals surface area (Å²) in [6.07, 6.45) is 3.50. The van der Waals surface area contributed by atoms with Gasteiger partial charge in [-0.25, -0.2) is 4.98 Å². The van der Waals surface area contributed by atoms with Gasteiger partial charge >= 0.3 is 6.61 Å². The van der Waals surface area contributed by atoms with Crippen LogP contribution in [0.1, 0.15) is 35.7 Å². The van der Waals surface area contributed by atoms with Crippen LogP contribution in [0.2, 0.25) is 0 Å². The summed E-state index contributed by atoms with van der Waals surface area (Å²) < 4.78 is 32.9. The summed E-state index contributed by atoms with van der Waals surface area (Å²) in [4.78, 5) is 23.2. The number of hydrogen-bond acceptors (Lipinski definition) is 8. The summed E-state index contributed by atoms with van der Waals surface area (Å²) in [6.45, 7) is 3.00. The van der Waals surface area contributed by atoms with Gasteiger partial charge in [-0.1, -0.05) is 19.4 Å². The van der Waals surface area contributed by atoms with Gasteiger partial charge in [0.2, 0.25) is 5.95 Å². The lowest BCUT2D eigenvalue weighted by Crippen LogP contribution is -2.71. The Kier molecular flexibility index (Phi) is 6.13. The Morgan fingerprint density at radius 1 is 1.31 bits per heavy atom. The molecule has 2 aromatic heterocycles. The smallest absolute Gasteiger partial charge is 0.387 e. The third-order valence-corrected chi connectivity index (χ3v) is 6.52. The normalized spacial score (nSPS) is 16.4. The number of nitrogen functional groups attached to an aromatic ring is 1. The second-order valence-electron chi connectivity index (χ2n) is 9.21. The Bertz CT molecular complexity index is 1240. The number of amides is 1. The van der Waals surface area contributed by atoms with E-state index >= 15 is 0 Å². The lowest BCUT2D eigenvalue weighted by molar-refractivity contribution is -0.0506. The molecule has 0 radical (unpaired) electrons. The molecule has 2 fully saturated rings. The minimum atomic E-state index is -3.03. The Hall–Kier alpha value is -3.54. The monoisotopic (exact) mass is 486 g/mol. The third-order valence-electron chi connectivity index (χ3n) is 6.52. The molecule has 0 aliphatic carbocycles. The van der Waals surface area contributed by atoms with Gasteiger partial charge in [0, 0.05) is 49.3 Å². The SMILES string of the molecule is CCCCNc1nc(N)nc2cnn(Cc3ccc(C(=O)N4CC5(CNC5)C4)cc3OC(F)F)c12. The van der Waals surface area contributed by atoms with Crippen molar-refractivity contribution in [2.24, 2.45) is 5.41 Å². The van der Waals surface area contributed by atoms with Crippen LogP contribution in [0, 0.1) is 5.41 Å². The van der Waals surface area contributed by atoms with Crippen LogP contribution < -0.4 is 21.1 Å². The number of benzene rings is 1. The average Bonchev–Trinajstić information content (AvgIpc) is 3.15. The van der Waals surface area contributed by atoms with Gasteiger partial charge in [0.25, 0.3) is 5.91 Å². The second-order valence-corrected chi connectivity index (χ2v) is 9.21. The topological polar surface area (TPSA) is 123 Å². The lowest BCUT2D eigenvalue weighted by Gasteiger charge is -2.56. The van der Waals surface area contributed by atoms with Gasteiger partial charge in [0.15, 0.2) is 5.82 Å². The molecular weight excluding hydrogens is 458 g/mol. The molecule has 1 amide bonds. The molecule has 1 aromatic carbocycles. The Labute approximate surface area is 200 Å². The van der Waals surface area contributed by atoms with Crippen molar-refractivity contribution in [1.82, 2.24) is 30.0 Å². The number of ether oxygens (including phenoxy) is 1. The van der Waals surface area contributed by atoms with E-state index in [1.54, 1.807) is 27.9 Å². The highest BCUT2D eigenvalue weighted by Crippen LogP contribution is 2.35. The van der Waals surface area contributed by atoms with E-state index in [0.29, 0.717) is 47.6 Å². The van der Waals surface area contributed by atoms with Crippen molar-refractivity contribution >= 4 is 28.7 Å². The molecular formula is C23H28F2N8O2. The number of unbranched alkanes of at least 4 members (excludes halogenated alkanes) is 1. The molecule has 0 bridgehead atoms. The molecule has 2 aliphatic heterocycles. The zero-order valence-electron chi connectivity index (χ0n) is 19.4. The molecule has 4 heterocycles. The Balaban J connectivity index is 1.41. The second kappa shape index (κ2) is 9.25. The number of fused-ring (bicyclic) bond motifs is 1. The molecule has 35 heavy (non-hydrogen) atoms. The van der Waals surface area contributed by atoms with Crippen molar-refractivity contribution in [3.05, 3.63) is 35.5 Å². The first kappa shape index (κ1) is 23.2. The number of rotatable bonds is 9. The molecule has 2 aliphatic rings. The van der Waals surface area contributed by atoms with Gasteiger partial charge in [-0.15, -0.1) is 0 Å². The first-order chi connectivity index (χ1) is 16.9. The van der Waals surface area contributed by atoms with E-state index in [9.17, 15) is 13.6 Å². The van der Waals surface area contributed by atoms with Crippen molar-refractivity contribution < 1.29 is 18.3 Å². The fourth-order valence-electron chi connectivity index (χ4n) is 4.62. The third kappa shape index (κ3) is 4.57. The van der Waals surface area contributed by atoms with Gasteiger partial charge in [0.05, 0.1) is 12.7 Å². The number of carbonyl (C=O) groups is 1. The van der Waals surface area contributed by atoms with Crippen molar-refractivity contribution in [1.29, 1.82) is 0 Å². The van der Waals surface area contributed by atoms with Crippen LogP contribution in [0.25, 0.3) is 11.0 Å². The summed E-state index contributed by atoms with van der Waals surface area (Å²) in [6, 6.07) is 4.65. The molecule has 1 spiro atoms. The minimum Gasteiger partial charge on any atom is -0.434 e. The highest BCUT2D eigenvalue weighted by atomic mass is 19.3. The molecule has 3 aromatic rings. The summed E-state index contributed by atoms with van der Waals surface area (Å²) in [5.74, 6) is 0.390. The summed E-state index contributed by atoms with van der Waals surface area (Å²) in [5, 5.41) is 10.9. The maximum absolute atomic E-state index is 13.2. The number of alkyl halides is 2. The van der Waals surface area contributed by atoms with Gasteiger partial charge in [-0.05, 0) is 18.6 Å². The fourth-order valence-corrected chi connectivity index (χ4v) is 4.62. The molecule has 0 atom stereocenters. The van der Waals surface area contributed by atoms with Crippen LogP contribution in [0.3, 0.4) is 0 Å². The average molecular weight is 487 g/mol. The predicted molar refractivity (Wildman–Crippen MR) is 127 cm³/mol. The highest BCUT2D eigenvalue weighted by Gasteiger charge is 2.49. The molecule has 10 nitrogen and oxygen atoms in total. The van der Waals surface area contributed by atoms with Crippen LogP contribution in [0.5, 0.6) is 5.75 Å². The highest BCUT2D eigenvalue weighted by molar-refractivity contribution is 5.95. The molecule has 5 rings (SSSR count). The number of hydrogen-bond donors (Lipinski definition) is 3. The maximum atomic E-state index is 13.2. The molecule has 186 valence electrons. The Morgan fingerprint density at radius 2 is 2.11 bits per heavy atom. The first-order valence-electron chi connectivity index (χ1n) is 11.7. The van der Waals surface area contributed by atoms with E-state index in [1.165, 1.54) is 6.07 Å². The quantitative estimate of drug-likeness (QED) is 0.394. The number of halogens is 2. The molecule has 0 unspecified atom stereocenters. The van der Waals surface area contributed by atoms with Crippen molar-refractivity contribution in [3.8, 4) is 5.75 Å². The summed E-state index contributed by atoms with van der Waals surface area (Å²) in [5.41, 5.74) is 7.93. The zero-order chi connectivity index (χ0) is 24.6. The zero-order valence-corrected chi connectivity index (χ0v) is 19.4. The van der Waals surface area contributed by atoms with Gasteiger partial charge in [-0.2, -0.15) is 18.9 Å². The van der Waals surface area contributed by atoms with Crippen LogP contribution in [0.15, 0.2) is 24.4 Å². The van der Waals surface area contributed by atoms with Crippen LogP contribution in [-0.4, -0.2) is 69.9 Å². The van der Waals surface area contributed by atoms with Crippen LogP contribution in [0.4, 0.5) is 20.5 Å². The molecule has 2 saturated heterocycles. The van der Waals surface area contributed by atoms with Crippen LogP contribution >= 0.6 is 0 Å². The van der Waals surface area contributed by atoms with E-state index in [-0.39, 0.29) is 29.6 Å². The van der Waals surface area contributed by atoms with Crippen molar-refractivity contribution in [2.75, 3.05) is 43.8 Å². The molecule has 0 saturated carbocycles. The van der Waals surface area contributed by atoms with Crippen molar-refractivity contribution in [3.63, 3.8) is 0 Å².